The van der Waals surface area contributed by atoms with E-state index in [2.05, 4.69) is 10.3 Å². The van der Waals surface area contributed by atoms with E-state index in [9.17, 15) is 9.59 Å². The fourth-order valence-electron chi connectivity index (χ4n) is 2.43. The second kappa shape index (κ2) is 6.56. The number of amides is 1. The SMILES string of the molecule is CC(C)Oc1ccc(C(=O)N[C@H]2CC[C@@H](C(=O)O)C2)cn1. The number of pyridine rings is 1. The third kappa shape index (κ3) is 4.18. The van der Waals surface area contributed by atoms with Crippen molar-refractivity contribution < 1.29 is 19.4 Å². The van der Waals surface area contributed by atoms with Crippen LogP contribution in [0.25, 0.3) is 0 Å². The van der Waals surface area contributed by atoms with Gasteiger partial charge in [-0.3, -0.25) is 9.59 Å². The van der Waals surface area contributed by atoms with Crippen LogP contribution in [0.3, 0.4) is 0 Å². The molecule has 1 aromatic heterocycles. The van der Waals surface area contributed by atoms with Crippen molar-refractivity contribution in [3.63, 3.8) is 0 Å². The highest BCUT2D eigenvalue weighted by atomic mass is 16.5. The summed E-state index contributed by atoms with van der Waals surface area (Å²) >= 11 is 0. The van der Waals surface area contributed by atoms with E-state index in [1.165, 1.54) is 6.20 Å². The van der Waals surface area contributed by atoms with Crippen LogP contribution in [0.2, 0.25) is 0 Å². The first-order valence-electron chi connectivity index (χ1n) is 7.12. The van der Waals surface area contributed by atoms with Crippen LogP contribution in [-0.4, -0.2) is 34.1 Å². The molecule has 0 saturated heterocycles. The molecule has 6 nitrogen and oxygen atoms in total. The Hall–Kier alpha value is -2.11. The molecule has 0 bridgehead atoms. The van der Waals surface area contributed by atoms with Crippen LogP contribution < -0.4 is 10.1 Å². The van der Waals surface area contributed by atoms with Crippen molar-refractivity contribution >= 4 is 11.9 Å². The third-order valence-corrected chi connectivity index (χ3v) is 3.47. The van der Waals surface area contributed by atoms with Gasteiger partial charge >= 0.3 is 5.97 Å². The van der Waals surface area contributed by atoms with Gasteiger partial charge in [0.1, 0.15) is 0 Å². The molecule has 0 spiro atoms. The summed E-state index contributed by atoms with van der Waals surface area (Å²) in [5, 5.41) is 11.8. The van der Waals surface area contributed by atoms with E-state index in [1.807, 2.05) is 13.8 Å². The van der Waals surface area contributed by atoms with Crippen LogP contribution in [0.4, 0.5) is 0 Å². The molecule has 1 aliphatic rings. The summed E-state index contributed by atoms with van der Waals surface area (Å²) in [5.74, 6) is -0.887. The Morgan fingerprint density at radius 1 is 1.38 bits per heavy atom. The third-order valence-electron chi connectivity index (χ3n) is 3.47. The molecule has 2 rings (SSSR count). The first-order valence-corrected chi connectivity index (χ1v) is 7.12. The van der Waals surface area contributed by atoms with Crippen molar-refractivity contribution in [1.29, 1.82) is 0 Å². The molecular formula is C15H20N2O4. The van der Waals surface area contributed by atoms with E-state index in [1.54, 1.807) is 12.1 Å². The fraction of sp³-hybridized carbons (Fsp3) is 0.533. The minimum Gasteiger partial charge on any atom is -0.481 e. The minimum atomic E-state index is -0.788. The van der Waals surface area contributed by atoms with Crippen LogP contribution in [0.15, 0.2) is 18.3 Å². The molecule has 1 amide bonds. The Balaban J connectivity index is 1.90. The molecule has 114 valence electrons. The fourth-order valence-corrected chi connectivity index (χ4v) is 2.43. The Bertz CT molecular complexity index is 513. The second-order valence-corrected chi connectivity index (χ2v) is 5.57. The van der Waals surface area contributed by atoms with E-state index >= 15 is 0 Å². The number of nitrogens with zero attached hydrogens (tertiary/aromatic N) is 1. The van der Waals surface area contributed by atoms with Gasteiger partial charge < -0.3 is 15.2 Å². The van der Waals surface area contributed by atoms with E-state index in [0.29, 0.717) is 30.7 Å². The summed E-state index contributed by atoms with van der Waals surface area (Å²) in [6.07, 6.45) is 3.30. The van der Waals surface area contributed by atoms with Gasteiger partial charge in [0.15, 0.2) is 0 Å². The number of aromatic nitrogens is 1. The topological polar surface area (TPSA) is 88.5 Å². The maximum atomic E-state index is 12.1. The summed E-state index contributed by atoms with van der Waals surface area (Å²) in [5.41, 5.74) is 0.449. The van der Waals surface area contributed by atoms with E-state index in [0.717, 1.165) is 0 Å². The molecule has 0 radical (unpaired) electrons. The minimum absolute atomic E-state index is 0.0311. The van der Waals surface area contributed by atoms with E-state index < -0.39 is 5.97 Å². The molecule has 0 aliphatic heterocycles. The lowest BCUT2D eigenvalue weighted by Crippen LogP contribution is -2.33. The number of hydrogen-bond acceptors (Lipinski definition) is 4. The molecule has 1 saturated carbocycles. The van der Waals surface area contributed by atoms with Crippen molar-refractivity contribution in [2.75, 3.05) is 0 Å². The maximum absolute atomic E-state index is 12.1. The maximum Gasteiger partial charge on any atom is 0.306 e. The number of ether oxygens (including phenoxy) is 1. The first kappa shape index (κ1) is 15.3. The van der Waals surface area contributed by atoms with Crippen LogP contribution in [0.1, 0.15) is 43.5 Å². The van der Waals surface area contributed by atoms with Crippen LogP contribution in [0.5, 0.6) is 5.88 Å². The van der Waals surface area contributed by atoms with E-state index in [4.69, 9.17) is 9.84 Å². The average molecular weight is 292 g/mol. The zero-order valence-corrected chi connectivity index (χ0v) is 12.2. The average Bonchev–Trinajstić information content (AvgIpc) is 2.87. The highest BCUT2D eigenvalue weighted by Gasteiger charge is 2.30. The molecule has 21 heavy (non-hydrogen) atoms. The normalized spacial score (nSPS) is 21.3. The van der Waals surface area contributed by atoms with Gasteiger partial charge in [0.25, 0.3) is 5.91 Å². The van der Waals surface area contributed by atoms with Crippen LogP contribution in [0, 0.1) is 5.92 Å². The Morgan fingerprint density at radius 2 is 2.14 bits per heavy atom. The monoisotopic (exact) mass is 292 g/mol. The van der Waals surface area contributed by atoms with Crippen molar-refractivity contribution in [2.24, 2.45) is 5.92 Å². The Labute approximate surface area is 123 Å². The number of rotatable bonds is 5. The molecule has 1 heterocycles. The van der Waals surface area contributed by atoms with Gasteiger partial charge in [0, 0.05) is 18.3 Å². The highest BCUT2D eigenvalue weighted by molar-refractivity contribution is 5.94. The van der Waals surface area contributed by atoms with Crippen LogP contribution in [-0.2, 0) is 4.79 Å². The zero-order valence-electron chi connectivity index (χ0n) is 12.2. The van der Waals surface area contributed by atoms with Gasteiger partial charge in [-0.25, -0.2) is 4.98 Å². The summed E-state index contributed by atoms with van der Waals surface area (Å²) in [4.78, 5) is 27.0. The van der Waals surface area contributed by atoms with Gasteiger partial charge in [-0.05, 0) is 39.2 Å². The van der Waals surface area contributed by atoms with Crippen LogP contribution >= 0.6 is 0 Å². The summed E-state index contributed by atoms with van der Waals surface area (Å²) < 4.78 is 5.41. The number of carboxylic acid groups (broad SMARTS) is 1. The summed E-state index contributed by atoms with van der Waals surface area (Å²) in [6, 6.07) is 3.23. The predicted molar refractivity (Wildman–Crippen MR) is 76.2 cm³/mol. The smallest absolute Gasteiger partial charge is 0.306 e. The van der Waals surface area contributed by atoms with Gasteiger partial charge in [0.05, 0.1) is 17.6 Å². The standard InChI is InChI=1S/C15H20N2O4/c1-9(2)21-13-6-4-11(8-16-13)14(18)17-12-5-3-10(7-12)15(19)20/h4,6,8-10,12H,3,5,7H2,1-2H3,(H,17,18)(H,19,20)/t10-,12+/m1/s1. The molecule has 6 heteroatoms. The van der Waals surface area contributed by atoms with Gasteiger partial charge in [-0.15, -0.1) is 0 Å². The van der Waals surface area contributed by atoms with Gasteiger partial charge in [0.2, 0.25) is 5.88 Å². The number of aliphatic carboxylic acids is 1. The zero-order chi connectivity index (χ0) is 15.4. The van der Waals surface area contributed by atoms with Crippen molar-refractivity contribution in [2.45, 2.75) is 45.3 Å². The Kier molecular flexibility index (Phi) is 4.77. The number of nitrogens with one attached hydrogen (secondary N) is 1. The highest BCUT2D eigenvalue weighted by Crippen LogP contribution is 2.25. The van der Waals surface area contributed by atoms with Crippen molar-refractivity contribution in [1.82, 2.24) is 10.3 Å². The largest absolute Gasteiger partial charge is 0.481 e. The quantitative estimate of drug-likeness (QED) is 0.864. The molecule has 0 aromatic carbocycles. The number of hydrogen-bond donors (Lipinski definition) is 2. The lowest BCUT2D eigenvalue weighted by molar-refractivity contribution is -0.141. The van der Waals surface area contributed by atoms with Gasteiger partial charge in [-0.2, -0.15) is 0 Å². The first-order chi connectivity index (χ1) is 9.95. The molecule has 1 aromatic rings. The van der Waals surface area contributed by atoms with Gasteiger partial charge in [-0.1, -0.05) is 0 Å². The number of carbonyl (C=O) groups excluding carboxylic acids is 1. The lowest BCUT2D eigenvalue weighted by Gasteiger charge is -2.13. The summed E-state index contributed by atoms with van der Waals surface area (Å²) in [7, 11) is 0. The molecule has 1 fully saturated rings. The summed E-state index contributed by atoms with van der Waals surface area (Å²) in [6.45, 7) is 3.81. The molecular weight excluding hydrogens is 272 g/mol. The molecule has 1 aliphatic carbocycles. The Morgan fingerprint density at radius 3 is 2.67 bits per heavy atom. The van der Waals surface area contributed by atoms with Crippen molar-refractivity contribution in [3.05, 3.63) is 23.9 Å². The number of carboxylic acids is 1. The molecule has 2 N–H and O–H groups in total. The van der Waals surface area contributed by atoms with E-state index in [-0.39, 0.29) is 24.0 Å². The molecule has 0 unspecified atom stereocenters. The number of carbonyl (C=O) groups is 2. The van der Waals surface area contributed by atoms with Crippen molar-refractivity contribution in [3.8, 4) is 5.88 Å². The predicted octanol–water partition coefficient (Wildman–Crippen LogP) is 1.85. The second-order valence-electron chi connectivity index (χ2n) is 5.57. The lowest BCUT2D eigenvalue weighted by atomic mass is 10.1. The molecule has 2 atom stereocenters.